The Balaban J connectivity index is 1.67. The van der Waals surface area contributed by atoms with Crippen molar-refractivity contribution in [2.75, 3.05) is 0 Å². The topological polar surface area (TPSA) is 96.3 Å². The zero-order valence-corrected chi connectivity index (χ0v) is 19.0. The van der Waals surface area contributed by atoms with E-state index in [0.29, 0.717) is 5.56 Å². The first-order valence-corrected chi connectivity index (χ1v) is 11.0. The number of carboxylic acids is 1. The number of hydrogen-bond acceptors (Lipinski definition) is 5. The molecule has 0 saturated carbocycles. The van der Waals surface area contributed by atoms with Gasteiger partial charge in [-0.2, -0.15) is 13.2 Å². The number of aromatic hydroxyl groups is 1. The highest BCUT2D eigenvalue weighted by Gasteiger charge is 2.40. The fourth-order valence-electron chi connectivity index (χ4n) is 4.01. The van der Waals surface area contributed by atoms with Gasteiger partial charge in [0.05, 0.1) is 24.6 Å². The molecule has 36 heavy (non-hydrogen) atoms. The molecule has 3 aromatic rings. The predicted octanol–water partition coefficient (Wildman–Crippen LogP) is 5.91. The first-order chi connectivity index (χ1) is 17.0. The number of hydrogen-bond donors (Lipinski definition) is 2. The van der Waals surface area contributed by atoms with Gasteiger partial charge in [0.15, 0.2) is 11.5 Å². The highest BCUT2D eigenvalue weighted by atomic mass is 19.4. The summed E-state index contributed by atoms with van der Waals surface area (Å²) in [5.74, 6) is -1.59. The lowest BCUT2D eigenvalue weighted by Gasteiger charge is -2.23. The second-order valence-corrected chi connectivity index (χ2v) is 8.38. The van der Waals surface area contributed by atoms with E-state index in [-0.39, 0.29) is 35.8 Å². The molecule has 0 bridgehead atoms. The summed E-state index contributed by atoms with van der Waals surface area (Å²) in [7, 11) is 0. The van der Waals surface area contributed by atoms with Crippen LogP contribution in [0.3, 0.4) is 0 Å². The van der Waals surface area contributed by atoms with E-state index in [4.69, 9.17) is 14.6 Å². The Kier molecular flexibility index (Phi) is 6.78. The van der Waals surface area contributed by atoms with E-state index < -0.39 is 35.9 Å². The number of carbonyl (C=O) groups is 2. The highest BCUT2D eigenvalue weighted by molar-refractivity contribution is 5.71. The first kappa shape index (κ1) is 24.9. The van der Waals surface area contributed by atoms with E-state index in [9.17, 15) is 27.9 Å². The minimum Gasteiger partial charge on any atom is -0.504 e. The summed E-state index contributed by atoms with van der Waals surface area (Å²) in [5.41, 5.74) is 0.173. The van der Waals surface area contributed by atoms with Crippen molar-refractivity contribution in [3.63, 3.8) is 0 Å². The molecule has 1 fully saturated rings. The zero-order valence-electron chi connectivity index (χ0n) is 19.0. The Morgan fingerprint density at radius 3 is 2.44 bits per heavy atom. The molecular formula is C26H22F3NO6. The summed E-state index contributed by atoms with van der Waals surface area (Å²) < 4.78 is 51.7. The van der Waals surface area contributed by atoms with Crippen LogP contribution in [-0.4, -0.2) is 33.2 Å². The molecule has 1 heterocycles. The number of amides is 1. The van der Waals surface area contributed by atoms with E-state index in [1.54, 1.807) is 31.2 Å². The van der Waals surface area contributed by atoms with Gasteiger partial charge in [-0.05, 0) is 48.4 Å². The second-order valence-electron chi connectivity index (χ2n) is 8.38. The van der Waals surface area contributed by atoms with Gasteiger partial charge < -0.3 is 19.7 Å². The third kappa shape index (κ3) is 5.37. The fourth-order valence-corrected chi connectivity index (χ4v) is 4.01. The minimum atomic E-state index is -4.64. The van der Waals surface area contributed by atoms with Gasteiger partial charge in [-0.3, -0.25) is 9.69 Å². The minimum absolute atomic E-state index is 0.0328. The van der Waals surface area contributed by atoms with Crippen molar-refractivity contribution in [1.82, 2.24) is 4.90 Å². The number of alkyl halides is 3. The van der Waals surface area contributed by atoms with Crippen LogP contribution in [-0.2, 0) is 28.7 Å². The Bertz CT molecular complexity index is 1280. The molecule has 1 aliphatic heterocycles. The van der Waals surface area contributed by atoms with Crippen LogP contribution in [0, 0.1) is 0 Å². The van der Waals surface area contributed by atoms with Crippen molar-refractivity contribution < 1.29 is 42.4 Å². The summed E-state index contributed by atoms with van der Waals surface area (Å²) >= 11 is 0. The quantitative estimate of drug-likeness (QED) is 0.418. The molecule has 0 unspecified atom stereocenters. The number of phenols is 1. The highest BCUT2D eigenvalue weighted by Crippen LogP contribution is 2.39. The molecule has 2 atom stereocenters. The number of rotatable bonds is 7. The maximum atomic E-state index is 13.5. The van der Waals surface area contributed by atoms with Gasteiger partial charge in [0.1, 0.15) is 11.9 Å². The van der Waals surface area contributed by atoms with Gasteiger partial charge >= 0.3 is 18.2 Å². The van der Waals surface area contributed by atoms with Crippen LogP contribution >= 0.6 is 0 Å². The van der Waals surface area contributed by atoms with E-state index in [0.717, 1.165) is 23.8 Å². The molecule has 3 aromatic carbocycles. The van der Waals surface area contributed by atoms with Crippen LogP contribution in [0.15, 0.2) is 66.7 Å². The monoisotopic (exact) mass is 501 g/mol. The number of nitrogens with zero attached hydrogens (tertiary/aromatic N) is 1. The molecule has 0 radical (unpaired) electrons. The summed E-state index contributed by atoms with van der Waals surface area (Å²) in [5, 5.41) is 19.2. The standard InChI is InChI=1S/C26H22F3NO6/c1-15-24(17-5-3-2-4-6-17)36-25(34)30(15)14-18-13-19(26(27,28)29)8-10-21(18)35-22-11-16(12-23(32)33)7-9-20(22)31/h2-11,13,15,24,31H,12,14H2,1H3,(H,32,33)/t15-,24-/m1/s1. The van der Waals surface area contributed by atoms with Crippen molar-refractivity contribution in [2.45, 2.75) is 38.2 Å². The number of phenolic OH excluding ortho intramolecular Hbond substituents is 1. The van der Waals surface area contributed by atoms with E-state index in [2.05, 4.69) is 0 Å². The number of carbonyl (C=O) groups excluding carboxylic acids is 1. The molecule has 0 spiro atoms. The Morgan fingerprint density at radius 2 is 1.78 bits per heavy atom. The fraction of sp³-hybridized carbons (Fsp3) is 0.231. The van der Waals surface area contributed by atoms with Gasteiger partial charge in [0, 0.05) is 5.56 Å². The molecule has 188 valence electrons. The van der Waals surface area contributed by atoms with Crippen molar-refractivity contribution in [2.24, 2.45) is 0 Å². The van der Waals surface area contributed by atoms with Gasteiger partial charge in [-0.25, -0.2) is 4.79 Å². The number of carboxylic acid groups (broad SMARTS) is 1. The Hall–Kier alpha value is -4.21. The zero-order chi connectivity index (χ0) is 26.0. The van der Waals surface area contributed by atoms with Gasteiger partial charge in [-0.15, -0.1) is 0 Å². The molecule has 0 aromatic heterocycles. The lowest BCUT2D eigenvalue weighted by atomic mass is 10.0. The van der Waals surface area contributed by atoms with Crippen molar-refractivity contribution in [1.29, 1.82) is 0 Å². The number of halogens is 3. The summed E-state index contributed by atoms with van der Waals surface area (Å²) in [6, 6.07) is 15.2. The van der Waals surface area contributed by atoms with Crippen LogP contribution in [0.5, 0.6) is 17.2 Å². The Labute approximate surface area is 204 Å². The average Bonchev–Trinajstić information content (AvgIpc) is 3.10. The average molecular weight is 501 g/mol. The maximum absolute atomic E-state index is 13.5. The third-order valence-corrected chi connectivity index (χ3v) is 5.85. The van der Waals surface area contributed by atoms with E-state index in [1.807, 2.05) is 6.07 Å². The maximum Gasteiger partial charge on any atom is 0.416 e. The second kappa shape index (κ2) is 9.80. The van der Waals surface area contributed by atoms with E-state index >= 15 is 0 Å². The number of benzene rings is 3. The summed E-state index contributed by atoms with van der Waals surface area (Å²) in [4.78, 5) is 25.0. The molecular weight excluding hydrogens is 479 g/mol. The third-order valence-electron chi connectivity index (χ3n) is 5.85. The van der Waals surface area contributed by atoms with Gasteiger partial charge in [-0.1, -0.05) is 36.4 Å². The SMILES string of the molecule is C[C@@H]1[C@H](c2ccccc2)OC(=O)N1Cc1cc(C(F)(F)F)ccc1Oc1cc(CC(=O)O)ccc1O. The lowest BCUT2D eigenvalue weighted by molar-refractivity contribution is -0.138. The first-order valence-electron chi connectivity index (χ1n) is 11.0. The Morgan fingerprint density at radius 1 is 1.06 bits per heavy atom. The number of ether oxygens (including phenoxy) is 2. The van der Waals surface area contributed by atoms with Gasteiger partial charge in [0.2, 0.25) is 0 Å². The normalized spacial score (nSPS) is 17.7. The molecule has 7 nitrogen and oxygen atoms in total. The smallest absolute Gasteiger partial charge is 0.416 e. The molecule has 10 heteroatoms. The molecule has 1 saturated heterocycles. The predicted molar refractivity (Wildman–Crippen MR) is 122 cm³/mol. The van der Waals surface area contributed by atoms with Crippen LogP contribution in [0.25, 0.3) is 0 Å². The molecule has 0 aliphatic carbocycles. The number of aliphatic carboxylic acids is 1. The van der Waals surface area contributed by atoms with Crippen LogP contribution in [0.2, 0.25) is 0 Å². The van der Waals surface area contributed by atoms with E-state index in [1.165, 1.54) is 23.1 Å². The molecule has 1 amide bonds. The molecule has 4 rings (SSSR count). The summed E-state index contributed by atoms with van der Waals surface area (Å²) in [6.07, 6.45) is -6.27. The number of cyclic esters (lactones) is 1. The van der Waals surface area contributed by atoms with Crippen LogP contribution in [0.1, 0.15) is 35.3 Å². The lowest BCUT2D eigenvalue weighted by Crippen LogP contribution is -2.31. The van der Waals surface area contributed by atoms with Crippen molar-refractivity contribution in [3.8, 4) is 17.2 Å². The largest absolute Gasteiger partial charge is 0.504 e. The van der Waals surface area contributed by atoms with Crippen LogP contribution in [0.4, 0.5) is 18.0 Å². The molecule has 1 aliphatic rings. The van der Waals surface area contributed by atoms with Gasteiger partial charge in [0.25, 0.3) is 0 Å². The summed E-state index contributed by atoms with van der Waals surface area (Å²) in [6.45, 7) is 1.48. The molecule has 2 N–H and O–H groups in total. The van der Waals surface area contributed by atoms with Crippen LogP contribution < -0.4 is 4.74 Å². The van der Waals surface area contributed by atoms with Crippen molar-refractivity contribution >= 4 is 12.1 Å². The van der Waals surface area contributed by atoms with Crippen molar-refractivity contribution in [3.05, 3.63) is 89.0 Å².